The molecule has 2 saturated heterocycles. The lowest BCUT2D eigenvalue weighted by Crippen LogP contribution is -2.45. The molecular formula is C26H29ClN4O4. The topological polar surface area (TPSA) is 87.9 Å². The minimum atomic E-state index is -1.13. The number of hydrogen-bond acceptors (Lipinski definition) is 5. The van der Waals surface area contributed by atoms with E-state index in [1.54, 1.807) is 4.90 Å². The summed E-state index contributed by atoms with van der Waals surface area (Å²) in [6.45, 7) is 4.30. The van der Waals surface area contributed by atoms with Gasteiger partial charge in [-0.05, 0) is 67.1 Å². The van der Waals surface area contributed by atoms with Crippen LogP contribution in [-0.4, -0.2) is 69.0 Å². The van der Waals surface area contributed by atoms with Gasteiger partial charge >= 0.3 is 12.0 Å². The number of likely N-dealkylation sites (tertiary alicyclic amines) is 2. The molecule has 9 heteroatoms. The van der Waals surface area contributed by atoms with Gasteiger partial charge in [-0.1, -0.05) is 29.8 Å². The molecule has 1 unspecified atom stereocenters. The standard InChI is InChI=1S/C26H29ClN4O4/c27-20-3-7-22(8-4-20)35-21-5-1-19(2-6-21)17-29-14-10-26(18-29)11-15-30(16-12-26)25(34)31-13-9-23(28-31)24(32)33/h1-7,9,13,22H,8,10-12,14-18H2,(H,32,33). The molecule has 1 aliphatic carbocycles. The maximum absolute atomic E-state index is 12.7. The Morgan fingerprint density at radius 2 is 1.86 bits per heavy atom. The summed E-state index contributed by atoms with van der Waals surface area (Å²) in [6.07, 6.45) is 11.1. The van der Waals surface area contributed by atoms with Crippen LogP contribution in [0.4, 0.5) is 4.79 Å². The number of piperidine rings is 1. The van der Waals surface area contributed by atoms with Crippen molar-refractivity contribution in [1.82, 2.24) is 19.6 Å². The van der Waals surface area contributed by atoms with Gasteiger partial charge in [0.05, 0.1) is 0 Å². The van der Waals surface area contributed by atoms with E-state index in [1.165, 1.54) is 17.8 Å². The van der Waals surface area contributed by atoms with Crippen LogP contribution in [0.15, 0.2) is 59.8 Å². The van der Waals surface area contributed by atoms with Gasteiger partial charge in [-0.15, -0.1) is 0 Å². The van der Waals surface area contributed by atoms with Gasteiger partial charge < -0.3 is 14.7 Å². The zero-order valence-corrected chi connectivity index (χ0v) is 20.2. The van der Waals surface area contributed by atoms with Crippen molar-refractivity contribution in [3.05, 3.63) is 71.0 Å². The summed E-state index contributed by atoms with van der Waals surface area (Å²) in [5, 5.41) is 13.7. The number of hydrogen-bond donors (Lipinski definition) is 1. The molecule has 1 aromatic heterocycles. The molecule has 2 aromatic rings. The maximum atomic E-state index is 12.7. The van der Waals surface area contributed by atoms with Crippen molar-refractivity contribution >= 4 is 23.6 Å². The van der Waals surface area contributed by atoms with E-state index in [4.69, 9.17) is 21.4 Å². The van der Waals surface area contributed by atoms with Crippen LogP contribution in [0, 0.1) is 5.41 Å². The average molecular weight is 497 g/mol. The Balaban J connectivity index is 1.10. The van der Waals surface area contributed by atoms with Crippen LogP contribution in [0.5, 0.6) is 5.75 Å². The molecular weight excluding hydrogens is 468 g/mol. The monoisotopic (exact) mass is 496 g/mol. The van der Waals surface area contributed by atoms with Crippen molar-refractivity contribution in [2.75, 3.05) is 26.2 Å². The van der Waals surface area contributed by atoms with E-state index in [0.29, 0.717) is 13.1 Å². The molecule has 5 rings (SSSR count). The smallest absolute Gasteiger partial charge is 0.356 e. The number of allylic oxidation sites excluding steroid dienone is 2. The summed E-state index contributed by atoms with van der Waals surface area (Å²) in [7, 11) is 0. The molecule has 0 saturated carbocycles. The molecule has 2 aliphatic heterocycles. The van der Waals surface area contributed by atoms with Gasteiger partial charge in [0.25, 0.3) is 0 Å². The molecule has 1 spiro atoms. The number of carbonyl (C=O) groups excluding carboxylic acids is 1. The number of carboxylic acid groups (broad SMARTS) is 1. The molecule has 3 aliphatic rings. The first kappa shape index (κ1) is 23.6. The lowest BCUT2D eigenvalue weighted by molar-refractivity contribution is 0.0689. The molecule has 0 radical (unpaired) electrons. The first-order chi connectivity index (χ1) is 16.9. The van der Waals surface area contributed by atoms with Gasteiger partial charge in [0.2, 0.25) is 0 Å². The Kier molecular flexibility index (Phi) is 6.67. The number of benzene rings is 1. The SMILES string of the molecule is O=C(O)c1ccn(C(=O)N2CCC3(CCN(Cc4ccc(OC5C=CC(Cl)=CC5)cc4)C3)CC2)n1. The Bertz CT molecular complexity index is 1150. The molecule has 35 heavy (non-hydrogen) atoms. The average Bonchev–Trinajstić information content (AvgIpc) is 3.50. The molecule has 3 heterocycles. The summed E-state index contributed by atoms with van der Waals surface area (Å²) < 4.78 is 7.15. The van der Waals surface area contributed by atoms with Crippen LogP contribution in [-0.2, 0) is 6.54 Å². The number of ether oxygens (including phenoxy) is 1. The third kappa shape index (κ3) is 5.44. The maximum Gasteiger partial charge on any atom is 0.356 e. The number of nitrogens with zero attached hydrogens (tertiary/aromatic N) is 4. The van der Waals surface area contributed by atoms with Crippen molar-refractivity contribution < 1.29 is 19.4 Å². The van der Waals surface area contributed by atoms with Crippen LogP contribution >= 0.6 is 11.6 Å². The Morgan fingerprint density at radius 3 is 2.51 bits per heavy atom. The molecule has 1 atom stereocenters. The fourth-order valence-electron chi connectivity index (χ4n) is 5.20. The highest BCUT2D eigenvalue weighted by molar-refractivity contribution is 6.31. The fraction of sp³-hybridized carbons (Fsp3) is 0.423. The van der Waals surface area contributed by atoms with Gasteiger partial charge in [-0.2, -0.15) is 9.78 Å². The van der Waals surface area contributed by atoms with Gasteiger partial charge in [-0.25, -0.2) is 9.59 Å². The Morgan fingerprint density at radius 1 is 1.11 bits per heavy atom. The van der Waals surface area contributed by atoms with E-state index in [2.05, 4.69) is 22.1 Å². The van der Waals surface area contributed by atoms with E-state index in [1.807, 2.05) is 30.4 Å². The number of amides is 1. The van der Waals surface area contributed by atoms with Crippen LogP contribution in [0.3, 0.4) is 0 Å². The van der Waals surface area contributed by atoms with E-state index in [9.17, 15) is 9.59 Å². The third-order valence-corrected chi connectivity index (χ3v) is 7.53. The van der Waals surface area contributed by atoms with Gasteiger partial charge in [-0.3, -0.25) is 4.90 Å². The van der Waals surface area contributed by atoms with Crippen molar-refractivity contribution in [2.45, 2.75) is 38.3 Å². The van der Waals surface area contributed by atoms with Crippen LogP contribution in [0.1, 0.15) is 41.7 Å². The number of carboxylic acids is 1. The first-order valence-corrected chi connectivity index (χ1v) is 12.4. The van der Waals surface area contributed by atoms with E-state index in [-0.39, 0.29) is 23.2 Å². The molecule has 1 aromatic carbocycles. The third-order valence-electron chi connectivity index (χ3n) is 7.25. The lowest BCUT2D eigenvalue weighted by atomic mass is 9.78. The van der Waals surface area contributed by atoms with Crippen molar-refractivity contribution in [3.8, 4) is 5.75 Å². The predicted octanol–water partition coefficient (Wildman–Crippen LogP) is 4.37. The molecule has 1 N–H and O–H groups in total. The van der Waals surface area contributed by atoms with Crippen molar-refractivity contribution in [3.63, 3.8) is 0 Å². The van der Waals surface area contributed by atoms with Gasteiger partial charge in [0.1, 0.15) is 11.9 Å². The highest BCUT2D eigenvalue weighted by Crippen LogP contribution is 2.41. The van der Waals surface area contributed by atoms with E-state index >= 15 is 0 Å². The van der Waals surface area contributed by atoms with Crippen LogP contribution in [0.2, 0.25) is 0 Å². The highest BCUT2D eigenvalue weighted by Gasteiger charge is 2.41. The summed E-state index contributed by atoms with van der Waals surface area (Å²) in [5.74, 6) is -0.274. The Hall–Kier alpha value is -3.10. The molecule has 0 bridgehead atoms. The minimum absolute atomic E-state index is 0.0204. The van der Waals surface area contributed by atoms with Crippen LogP contribution < -0.4 is 4.74 Å². The number of rotatable bonds is 5. The van der Waals surface area contributed by atoms with Gasteiger partial charge in [0, 0.05) is 43.8 Å². The Labute approximate surface area is 209 Å². The summed E-state index contributed by atoms with van der Waals surface area (Å²) in [4.78, 5) is 28.0. The van der Waals surface area contributed by atoms with Gasteiger partial charge in [0.15, 0.2) is 5.69 Å². The molecule has 8 nitrogen and oxygen atoms in total. The molecule has 2 fully saturated rings. The fourth-order valence-corrected chi connectivity index (χ4v) is 5.36. The van der Waals surface area contributed by atoms with Crippen molar-refractivity contribution in [1.29, 1.82) is 0 Å². The normalized spacial score (nSPS) is 21.8. The lowest BCUT2D eigenvalue weighted by Gasteiger charge is -2.39. The first-order valence-electron chi connectivity index (χ1n) is 12.0. The number of aromatic nitrogens is 2. The summed E-state index contributed by atoms with van der Waals surface area (Å²) in [5.41, 5.74) is 1.38. The number of halogens is 1. The van der Waals surface area contributed by atoms with E-state index < -0.39 is 5.97 Å². The molecule has 184 valence electrons. The number of aromatic carboxylic acids is 1. The second kappa shape index (κ2) is 9.87. The van der Waals surface area contributed by atoms with E-state index in [0.717, 1.165) is 60.8 Å². The highest BCUT2D eigenvalue weighted by atomic mass is 35.5. The largest absolute Gasteiger partial charge is 0.486 e. The minimum Gasteiger partial charge on any atom is -0.486 e. The number of carbonyl (C=O) groups is 2. The predicted molar refractivity (Wildman–Crippen MR) is 132 cm³/mol. The summed E-state index contributed by atoms with van der Waals surface area (Å²) >= 11 is 5.97. The molecule has 1 amide bonds. The van der Waals surface area contributed by atoms with Crippen LogP contribution in [0.25, 0.3) is 0 Å². The quantitative estimate of drug-likeness (QED) is 0.661. The summed E-state index contributed by atoms with van der Waals surface area (Å²) in [6, 6.07) is 9.42. The zero-order valence-electron chi connectivity index (χ0n) is 19.5. The van der Waals surface area contributed by atoms with Crippen molar-refractivity contribution in [2.24, 2.45) is 5.41 Å². The second-order valence-corrected chi connectivity index (χ2v) is 10.1. The second-order valence-electron chi connectivity index (χ2n) is 9.67. The zero-order chi connectivity index (χ0) is 24.4.